The van der Waals surface area contributed by atoms with Crippen molar-refractivity contribution in [2.24, 2.45) is 5.73 Å². The first kappa shape index (κ1) is 18.1. The van der Waals surface area contributed by atoms with E-state index in [-0.39, 0.29) is 12.1 Å². The Morgan fingerprint density at radius 1 is 1.17 bits per heavy atom. The lowest BCUT2D eigenvalue weighted by Gasteiger charge is -2.32. The summed E-state index contributed by atoms with van der Waals surface area (Å²) < 4.78 is 39.3. The molecule has 3 N–H and O–H groups in total. The number of aliphatic hydroxyl groups is 1. The van der Waals surface area contributed by atoms with Gasteiger partial charge in [-0.2, -0.15) is 0 Å². The second-order valence-electron chi connectivity index (χ2n) is 6.63. The molecule has 0 spiro atoms. The predicted octanol–water partition coefficient (Wildman–Crippen LogP) is 2.43. The van der Waals surface area contributed by atoms with Crippen LogP contribution in [0.4, 0.5) is 8.78 Å². The lowest BCUT2D eigenvalue weighted by molar-refractivity contribution is 0.00578. The molecule has 0 amide bonds. The summed E-state index contributed by atoms with van der Waals surface area (Å²) in [5, 5.41) is 8.95. The van der Waals surface area contributed by atoms with Crippen molar-refractivity contribution in [1.82, 2.24) is 0 Å². The highest BCUT2D eigenvalue weighted by atomic mass is 19.1. The monoisotopic (exact) mass is 325 g/mol. The third kappa shape index (κ3) is 3.48. The third-order valence-electron chi connectivity index (χ3n) is 4.47. The zero-order valence-electron chi connectivity index (χ0n) is 13.8. The van der Waals surface area contributed by atoms with E-state index in [0.717, 1.165) is 12.1 Å². The molecule has 0 radical (unpaired) electrons. The van der Waals surface area contributed by atoms with E-state index < -0.39 is 36.6 Å². The molecule has 23 heavy (non-hydrogen) atoms. The summed E-state index contributed by atoms with van der Waals surface area (Å²) in [6.07, 6.45) is 1.55. The molecule has 1 heterocycles. The lowest BCUT2D eigenvalue weighted by atomic mass is 9.77. The summed E-state index contributed by atoms with van der Waals surface area (Å²) in [6, 6.07) is 2.30. The minimum absolute atomic E-state index is 0.127. The Hall–Kier alpha value is -1.28. The fraction of sp³-hybridized carbons (Fsp3) is 0.500. The van der Waals surface area contributed by atoms with Gasteiger partial charge in [0.2, 0.25) is 0 Å². The molecule has 1 aliphatic heterocycles. The molecule has 4 nitrogen and oxygen atoms in total. The standard InChI is InChI=1S/C16H22BF2NO3/c1-15(2)16(3,4)23-17(22-15)11(8-20)5-10-6-13(18)12(9-21)14(19)7-10/h5-7,21H,8-9,20H2,1-4H3. The molecular formula is C16H22BF2NO3. The van der Waals surface area contributed by atoms with Crippen LogP contribution < -0.4 is 5.73 Å². The predicted molar refractivity (Wildman–Crippen MR) is 85.4 cm³/mol. The van der Waals surface area contributed by atoms with E-state index in [1.165, 1.54) is 0 Å². The second-order valence-corrected chi connectivity index (χ2v) is 6.63. The maximum Gasteiger partial charge on any atom is 0.491 e. The third-order valence-corrected chi connectivity index (χ3v) is 4.47. The van der Waals surface area contributed by atoms with Crippen LogP contribution in [-0.2, 0) is 15.9 Å². The number of rotatable bonds is 4. The molecule has 0 aliphatic carbocycles. The Balaban J connectivity index is 2.34. The lowest BCUT2D eigenvalue weighted by Crippen LogP contribution is -2.41. The molecular weight excluding hydrogens is 303 g/mol. The normalized spacial score (nSPS) is 20.2. The van der Waals surface area contributed by atoms with E-state index in [1.54, 1.807) is 6.08 Å². The highest BCUT2D eigenvalue weighted by molar-refractivity contribution is 6.55. The number of nitrogens with two attached hydrogens (primary N) is 1. The smallest absolute Gasteiger partial charge is 0.400 e. The molecule has 1 aliphatic rings. The largest absolute Gasteiger partial charge is 0.491 e. The van der Waals surface area contributed by atoms with Gasteiger partial charge < -0.3 is 20.1 Å². The van der Waals surface area contributed by atoms with Crippen LogP contribution in [0.1, 0.15) is 38.8 Å². The summed E-state index contributed by atoms with van der Waals surface area (Å²) in [6.45, 7) is 7.09. The summed E-state index contributed by atoms with van der Waals surface area (Å²) >= 11 is 0. The molecule has 0 bridgehead atoms. The van der Waals surface area contributed by atoms with Crippen LogP contribution in [0, 0.1) is 11.6 Å². The summed E-state index contributed by atoms with van der Waals surface area (Å²) in [4.78, 5) is 0. The first-order valence-electron chi connectivity index (χ1n) is 7.46. The topological polar surface area (TPSA) is 64.7 Å². The molecule has 1 fully saturated rings. The Morgan fingerprint density at radius 3 is 2.04 bits per heavy atom. The van der Waals surface area contributed by atoms with Gasteiger partial charge in [0.25, 0.3) is 0 Å². The van der Waals surface area contributed by atoms with Crippen molar-refractivity contribution in [2.75, 3.05) is 6.54 Å². The Morgan fingerprint density at radius 2 is 1.65 bits per heavy atom. The van der Waals surface area contributed by atoms with Crippen LogP contribution in [0.25, 0.3) is 6.08 Å². The van der Waals surface area contributed by atoms with Gasteiger partial charge in [-0.05, 0) is 50.9 Å². The van der Waals surface area contributed by atoms with Crippen LogP contribution >= 0.6 is 0 Å². The summed E-state index contributed by atoms with van der Waals surface area (Å²) in [5.74, 6) is -1.60. The van der Waals surface area contributed by atoms with Gasteiger partial charge in [0.05, 0.1) is 17.8 Å². The van der Waals surface area contributed by atoms with Gasteiger partial charge in [-0.3, -0.25) is 0 Å². The van der Waals surface area contributed by atoms with Gasteiger partial charge in [-0.1, -0.05) is 6.08 Å². The fourth-order valence-electron chi connectivity index (χ4n) is 2.29. The zero-order valence-corrected chi connectivity index (χ0v) is 13.8. The average Bonchev–Trinajstić information content (AvgIpc) is 2.64. The highest BCUT2D eigenvalue weighted by Gasteiger charge is 2.52. The molecule has 0 aromatic heterocycles. The van der Waals surface area contributed by atoms with Crippen molar-refractivity contribution in [3.05, 3.63) is 40.4 Å². The number of hydrogen-bond donors (Lipinski definition) is 2. The zero-order chi connectivity index (χ0) is 17.4. The van der Waals surface area contributed by atoms with Gasteiger partial charge in [-0.15, -0.1) is 0 Å². The van der Waals surface area contributed by atoms with Crippen molar-refractivity contribution in [3.8, 4) is 0 Å². The van der Waals surface area contributed by atoms with Gasteiger partial charge in [0.15, 0.2) is 0 Å². The Bertz CT molecular complexity index is 593. The number of aliphatic hydroxyl groups excluding tert-OH is 1. The van der Waals surface area contributed by atoms with E-state index >= 15 is 0 Å². The minimum Gasteiger partial charge on any atom is -0.400 e. The molecule has 2 rings (SSSR count). The second kappa shape index (κ2) is 6.32. The van der Waals surface area contributed by atoms with Crippen LogP contribution in [0.15, 0.2) is 17.6 Å². The van der Waals surface area contributed by atoms with Gasteiger partial charge in [0, 0.05) is 12.1 Å². The van der Waals surface area contributed by atoms with Crippen LogP contribution in [0.2, 0.25) is 0 Å². The number of halogens is 2. The first-order valence-corrected chi connectivity index (χ1v) is 7.46. The van der Waals surface area contributed by atoms with E-state index in [0.29, 0.717) is 11.0 Å². The van der Waals surface area contributed by atoms with E-state index in [4.69, 9.17) is 20.1 Å². The molecule has 0 atom stereocenters. The minimum atomic E-state index is -0.802. The Labute approximate surface area is 135 Å². The van der Waals surface area contributed by atoms with Crippen molar-refractivity contribution in [2.45, 2.75) is 45.5 Å². The van der Waals surface area contributed by atoms with Gasteiger partial charge in [0.1, 0.15) is 11.6 Å². The van der Waals surface area contributed by atoms with E-state index in [2.05, 4.69) is 0 Å². The van der Waals surface area contributed by atoms with Crippen LogP contribution in [0.5, 0.6) is 0 Å². The Kier molecular flexibility index (Phi) is 4.96. The molecule has 126 valence electrons. The molecule has 7 heteroatoms. The average molecular weight is 325 g/mol. The summed E-state index contributed by atoms with van der Waals surface area (Å²) in [5.41, 5.74) is 5.23. The molecule has 1 aromatic carbocycles. The number of hydrogen-bond acceptors (Lipinski definition) is 4. The maximum atomic E-state index is 13.8. The fourth-order valence-corrected chi connectivity index (χ4v) is 2.29. The van der Waals surface area contributed by atoms with Gasteiger partial charge in [-0.25, -0.2) is 8.78 Å². The van der Waals surface area contributed by atoms with Gasteiger partial charge >= 0.3 is 7.12 Å². The van der Waals surface area contributed by atoms with Crippen LogP contribution in [0.3, 0.4) is 0 Å². The quantitative estimate of drug-likeness (QED) is 0.835. The SMILES string of the molecule is CC1(C)OB(C(=Cc2cc(F)c(CO)c(F)c2)CN)OC1(C)C. The van der Waals surface area contributed by atoms with E-state index in [9.17, 15) is 8.78 Å². The first-order chi connectivity index (χ1) is 10.6. The van der Waals surface area contributed by atoms with Crippen molar-refractivity contribution in [1.29, 1.82) is 0 Å². The highest BCUT2D eigenvalue weighted by Crippen LogP contribution is 2.38. The maximum absolute atomic E-state index is 13.8. The van der Waals surface area contributed by atoms with Crippen molar-refractivity contribution < 1.29 is 23.2 Å². The number of benzene rings is 1. The molecule has 1 aromatic rings. The van der Waals surface area contributed by atoms with E-state index in [1.807, 2.05) is 27.7 Å². The van der Waals surface area contributed by atoms with Crippen molar-refractivity contribution >= 4 is 13.2 Å². The van der Waals surface area contributed by atoms with Crippen molar-refractivity contribution in [3.63, 3.8) is 0 Å². The van der Waals surface area contributed by atoms with Crippen LogP contribution in [-0.4, -0.2) is 30.0 Å². The molecule has 0 unspecified atom stereocenters. The summed E-state index contributed by atoms with van der Waals surface area (Å²) in [7, 11) is -0.673. The molecule has 1 saturated heterocycles. The molecule has 0 saturated carbocycles.